The van der Waals surface area contributed by atoms with Crippen LogP contribution in [0.5, 0.6) is 0 Å². The lowest BCUT2D eigenvalue weighted by atomic mass is 9.88. The normalized spacial score (nSPS) is 29.9. The van der Waals surface area contributed by atoms with E-state index >= 15 is 0 Å². The minimum absolute atomic E-state index is 0.361. The van der Waals surface area contributed by atoms with E-state index in [4.69, 9.17) is 14.7 Å². The van der Waals surface area contributed by atoms with Crippen LogP contribution in [-0.4, -0.2) is 35.8 Å². The Morgan fingerprint density at radius 2 is 1.95 bits per heavy atom. The van der Waals surface area contributed by atoms with E-state index in [9.17, 15) is 0 Å². The Hall–Kier alpha value is -1.00. The van der Waals surface area contributed by atoms with Crippen LogP contribution in [0.1, 0.15) is 60.8 Å². The van der Waals surface area contributed by atoms with Gasteiger partial charge in [-0.2, -0.15) is 0 Å². The van der Waals surface area contributed by atoms with E-state index in [1.165, 1.54) is 18.4 Å². The van der Waals surface area contributed by atoms with E-state index < -0.39 is 0 Å². The van der Waals surface area contributed by atoms with E-state index in [0.717, 1.165) is 30.2 Å². The molecule has 0 radical (unpaired) electrons. The molecule has 4 atom stereocenters. The van der Waals surface area contributed by atoms with Crippen molar-refractivity contribution >= 4 is 0 Å². The molecule has 3 rings (SSSR count). The van der Waals surface area contributed by atoms with Crippen molar-refractivity contribution in [3.63, 3.8) is 0 Å². The number of fused-ring (bicyclic) bond motifs is 2. The number of aryl methyl sites for hydroxylation is 2. The fourth-order valence-electron chi connectivity index (χ4n) is 3.95. The maximum absolute atomic E-state index is 5.95. The SMILES string of the molecule is CNCC(C)c1c(C)nc(C2CC3CCC2O3)nc1C. The average molecular weight is 275 g/mol. The van der Waals surface area contributed by atoms with Crippen LogP contribution in [0.15, 0.2) is 0 Å². The Labute approximate surface area is 121 Å². The quantitative estimate of drug-likeness (QED) is 0.917. The maximum Gasteiger partial charge on any atom is 0.134 e. The Morgan fingerprint density at radius 3 is 2.45 bits per heavy atom. The van der Waals surface area contributed by atoms with Crippen molar-refractivity contribution in [3.05, 3.63) is 22.8 Å². The van der Waals surface area contributed by atoms with E-state index in [-0.39, 0.29) is 0 Å². The Balaban J connectivity index is 1.88. The Bertz CT molecular complexity index is 479. The molecule has 0 saturated carbocycles. The summed E-state index contributed by atoms with van der Waals surface area (Å²) in [7, 11) is 1.99. The van der Waals surface area contributed by atoms with Crippen molar-refractivity contribution in [2.45, 2.75) is 64.1 Å². The van der Waals surface area contributed by atoms with Crippen molar-refractivity contribution in [3.8, 4) is 0 Å². The Kier molecular flexibility index (Phi) is 3.78. The summed E-state index contributed by atoms with van der Waals surface area (Å²) in [6.07, 6.45) is 4.32. The van der Waals surface area contributed by atoms with E-state index in [2.05, 4.69) is 26.1 Å². The highest BCUT2D eigenvalue weighted by Gasteiger charge is 2.43. The summed E-state index contributed by atoms with van der Waals surface area (Å²) >= 11 is 0. The van der Waals surface area contributed by atoms with E-state index in [1.54, 1.807) is 0 Å². The van der Waals surface area contributed by atoms with Crippen LogP contribution in [-0.2, 0) is 4.74 Å². The molecule has 0 amide bonds. The molecule has 110 valence electrons. The molecular formula is C16H25N3O. The molecule has 20 heavy (non-hydrogen) atoms. The molecular weight excluding hydrogens is 250 g/mol. The lowest BCUT2D eigenvalue weighted by molar-refractivity contribution is 0.0998. The summed E-state index contributed by atoms with van der Waals surface area (Å²) in [6, 6.07) is 0. The third-order valence-corrected chi connectivity index (χ3v) is 4.78. The summed E-state index contributed by atoms with van der Waals surface area (Å²) in [5, 5.41) is 3.24. The fraction of sp³-hybridized carbons (Fsp3) is 0.750. The van der Waals surface area contributed by atoms with Crippen molar-refractivity contribution in [2.75, 3.05) is 13.6 Å². The van der Waals surface area contributed by atoms with Gasteiger partial charge in [0.1, 0.15) is 5.82 Å². The predicted molar refractivity (Wildman–Crippen MR) is 79.1 cm³/mol. The van der Waals surface area contributed by atoms with E-state index in [1.807, 2.05) is 7.05 Å². The fourth-order valence-corrected chi connectivity index (χ4v) is 3.95. The van der Waals surface area contributed by atoms with Gasteiger partial charge in [-0.15, -0.1) is 0 Å². The number of nitrogens with one attached hydrogen (secondary N) is 1. The maximum atomic E-state index is 5.95. The van der Waals surface area contributed by atoms with Crippen molar-refractivity contribution < 1.29 is 4.74 Å². The van der Waals surface area contributed by atoms with Crippen molar-refractivity contribution in [1.82, 2.24) is 15.3 Å². The summed E-state index contributed by atoms with van der Waals surface area (Å²) in [5.41, 5.74) is 3.57. The molecule has 2 saturated heterocycles. The Morgan fingerprint density at radius 1 is 1.25 bits per heavy atom. The number of likely N-dealkylation sites (N-methyl/N-ethyl adjacent to an activating group) is 1. The lowest BCUT2D eigenvalue weighted by Crippen LogP contribution is -2.21. The summed E-state index contributed by atoms with van der Waals surface area (Å²) in [4.78, 5) is 9.64. The minimum atomic E-state index is 0.361. The number of rotatable bonds is 4. The zero-order valence-electron chi connectivity index (χ0n) is 12.9. The summed E-state index contributed by atoms with van der Waals surface area (Å²) in [6.45, 7) is 7.43. The van der Waals surface area contributed by atoms with Crippen LogP contribution in [0, 0.1) is 13.8 Å². The third-order valence-electron chi connectivity index (χ3n) is 4.78. The highest BCUT2D eigenvalue weighted by Crippen LogP contribution is 2.43. The topological polar surface area (TPSA) is 47.0 Å². The lowest BCUT2D eigenvalue weighted by Gasteiger charge is -2.21. The van der Waals surface area contributed by atoms with Gasteiger partial charge in [0, 0.05) is 23.9 Å². The summed E-state index contributed by atoms with van der Waals surface area (Å²) in [5.74, 6) is 1.87. The molecule has 1 aromatic rings. The second-order valence-corrected chi connectivity index (χ2v) is 6.34. The number of hydrogen-bond donors (Lipinski definition) is 1. The molecule has 2 fully saturated rings. The first kappa shape index (κ1) is 14.0. The van der Waals surface area contributed by atoms with Crippen molar-refractivity contribution in [2.24, 2.45) is 0 Å². The standard InChI is InChI=1S/C16H25N3O/c1-9(8-17-4)15-10(2)18-16(19-11(15)3)13-7-12-5-6-14(13)20-12/h9,12-14,17H,5-8H2,1-4H3. The largest absolute Gasteiger partial charge is 0.374 e. The smallest absolute Gasteiger partial charge is 0.134 e. The van der Waals surface area contributed by atoms with Crippen LogP contribution < -0.4 is 5.32 Å². The molecule has 2 bridgehead atoms. The minimum Gasteiger partial charge on any atom is -0.374 e. The van der Waals surface area contributed by atoms with Crippen molar-refractivity contribution in [1.29, 1.82) is 0 Å². The van der Waals surface area contributed by atoms with Crippen LogP contribution in [0.4, 0.5) is 0 Å². The van der Waals surface area contributed by atoms with Gasteiger partial charge in [-0.1, -0.05) is 6.92 Å². The molecule has 4 nitrogen and oxygen atoms in total. The van der Waals surface area contributed by atoms with Crippen LogP contribution in [0.2, 0.25) is 0 Å². The molecule has 4 unspecified atom stereocenters. The second-order valence-electron chi connectivity index (χ2n) is 6.34. The highest BCUT2D eigenvalue weighted by atomic mass is 16.5. The average Bonchev–Trinajstić information content (AvgIpc) is 3.00. The second kappa shape index (κ2) is 5.41. The number of nitrogens with zero attached hydrogens (tertiary/aromatic N) is 2. The van der Waals surface area contributed by atoms with Gasteiger partial charge in [-0.05, 0) is 51.6 Å². The van der Waals surface area contributed by atoms with Crippen LogP contribution >= 0.6 is 0 Å². The molecule has 3 heterocycles. The first-order valence-corrected chi connectivity index (χ1v) is 7.75. The molecule has 0 aliphatic carbocycles. The zero-order valence-corrected chi connectivity index (χ0v) is 12.9. The van der Waals surface area contributed by atoms with Gasteiger partial charge in [-0.25, -0.2) is 9.97 Å². The molecule has 2 aliphatic heterocycles. The van der Waals surface area contributed by atoms with Gasteiger partial charge < -0.3 is 10.1 Å². The predicted octanol–water partition coefficient (Wildman–Crippen LogP) is 2.45. The van der Waals surface area contributed by atoms with Crippen LogP contribution in [0.25, 0.3) is 0 Å². The first-order valence-electron chi connectivity index (χ1n) is 7.75. The molecule has 0 aromatic carbocycles. The number of ether oxygens (including phenoxy) is 1. The molecule has 1 aromatic heterocycles. The monoisotopic (exact) mass is 275 g/mol. The van der Waals surface area contributed by atoms with E-state index in [0.29, 0.717) is 24.0 Å². The van der Waals surface area contributed by atoms with Gasteiger partial charge >= 0.3 is 0 Å². The van der Waals surface area contributed by atoms with Gasteiger partial charge in [0.15, 0.2) is 0 Å². The molecule has 1 N–H and O–H groups in total. The third kappa shape index (κ3) is 2.35. The molecule has 2 aliphatic rings. The molecule has 0 spiro atoms. The van der Waals surface area contributed by atoms with Crippen LogP contribution in [0.3, 0.4) is 0 Å². The van der Waals surface area contributed by atoms with Gasteiger partial charge in [0.2, 0.25) is 0 Å². The van der Waals surface area contributed by atoms with Gasteiger partial charge in [0.05, 0.1) is 12.2 Å². The van der Waals surface area contributed by atoms with Gasteiger partial charge in [-0.3, -0.25) is 0 Å². The number of aromatic nitrogens is 2. The zero-order chi connectivity index (χ0) is 14.3. The van der Waals surface area contributed by atoms with Gasteiger partial charge in [0.25, 0.3) is 0 Å². The molecule has 4 heteroatoms. The highest BCUT2D eigenvalue weighted by molar-refractivity contribution is 5.29. The number of hydrogen-bond acceptors (Lipinski definition) is 4. The first-order chi connectivity index (χ1) is 9.60. The summed E-state index contributed by atoms with van der Waals surface area (Å²) < 4.78 is 5.95.